The molecule has 0 unspecified atom stereocenters. The fraction of sp³-hybridized carbons (Fsp3) is 0.167. The topological polar surface area (TPSA) is 79.4 Å². The van der Waals surface area contributed by atoms with E-state index in [2.05, 4.69) is 4.72 Å². The highest BCUT2D eigenvalue weighted by atomic mass is 32.2. The Morgan fingerprint density at radius 1 is 0.969 bits per heavy atom. The molecule has 1 aromatic heterocycles. The first-order chi connectivity index (χ1) is 15.5. The number of likely N-dealkylation sites (tertiary alicyclic amines) is 1. The van der Waals surface area contributed by atoms with E-state index in [4.69, 9.17) is 4.98 Å². The number of carbonyl (C=O) groups excluding carboxylic acids is 1. The molecule has 0 spiro atoms. The van der Waals surface area contributed by atoms with Gasteiger partial charge in [0.05, 0.1) is 21.2 Å². The smallest absolute Gasteiger partial charge is 0.261 e. The third-order valence-corrected chi connectivity index (χ3v) is 8.08. The number of fused-ring (bicyclic) bond motifs is 1. The Labute approximate surface area is 190 Å². The van der Waals surface area contributed by atoms with E-state index in [9.17, 15) is 13.2 Å². The molecule has 0 aliphatic carbocycles. The van der Waals surface area contributed by atoms with Gasteiger partial charge in [0.15, 0.2) is 0 Å². The van der Waals surface area contributed by atoms with Crippen molar-refractivity contribution < 1.29 is 13.2 Å². The fourth-order valence-corrected chi connectivity index (χ4v) is 6.15. The quantitative estimate of drug-likeness (QED) is 0.448. The molecule has 32 heavy (non-hydrogen) atoms. The number of carbonyl (C=O) groups is 1. The second-order valence-corrected chi connectivity index (χ2v) is 10.4. The normalized spacial score (nSPS) is 16.4. The maximum Gasteiger partial charge on any atom is 0.261 e. The number of nitrogens with zero attached hydrogens (tertiary/aromatic N) is 2. The van der Waals surface area contributed by atoms with Crippen LogP contribution in [0.2, 0.25) is 0 Å². The Kier molecular flexibility index (Phi) is 5.40. The highest BCUT2D eigenvalue weighted by molar-refractivity contribution is 7.92. The molecule has 5 rings (SSSR count). The Hall–Kier alpha value is -3.23. The molecular weight excluding hydrogens is 442 g/mol. The van der Waals surface area contributed by atoms with E-state index in [1.54, 1.807) is 53.8 Å². The van der Waals surface area contributed by atoms with Crippen LogP contribution in [-0.4, -0.2) is 30.8 Å². The van der Waals surface area contributed by atoms with Crippen LogP contribution >= 0.6 is 11.3 Å². The Bertz CT molecular complexity index is 1330. The molecule has 6 nitrogen and oxygen atoms in total. The second kappa shape index (κ2) is 8.37. The van der Waals surface area contributed by atoms with Gasteiger partial charge in [-0.25, -0.2) is 13.4 Å². The van der Waals surface area contributed by atoms with Crippen LogP contribution in [-0.2, 0) is 10.0 Å². The lowest BCUT2D eigenvalue weighted by Gasteiger charge is -2.23. The molecule has 1 fully saturated rings. The molecule has 2 heterocycles. The number of para-hydroxylation sites is 1. The largest absolute Gasteiger partial charge is 0.329 e. The zero-order chi connectivity index (χ0) is 22.1. The highest BCUT2D eigenvalue weighted by Crippen LogP contribution is 2.37. The molecule has 162 valence electrons. The summed E-state index contributed by atoms with van der Waals surface area (Å²) in [7, 11) is -3.67. The van der Waals surface area contributed by atoms with Crippen molar-refractivity contribution in [3.8, 4) is 0 Å². The third kappa shape index (κ3) is 3.99. The van der Waals surface area contributed by atoms with Crippen LogP contribution in [0.1, 0.15) is 34.2 Å². The molecule has 0 saturated carbocycles. The number of amides is 1. The zero-order valence-electron chi connectivity index (χ0n) is 17.1. The minimum atomic E-state index is -3.67. The van der Waals surface area contributed by atoms with Crippen LogP contribution < -0.4 is 4.72 Å². The first-order valence-corrected chi connectivity index (χ1v) is 12.7. The highest BCUT2D eigenvalue weighted by Gasteiger charge is 2.32. The predicted octanol–water partition coefficient (Wildman–Crippen LogP) is 5.07. The lowest BCUT2D eigenvalue weighted by atomic mass is 10.1. The number of nitrogens with one attached hydrogen (secondary N) is 1. The number of aromatic nitrogens is 1. The van der Waals surface area contributed by atoms with Gasteiger partial charge < -0.3 is 4.90 Å². The van der Waals surface area contributed by atoms with Gasteiger partial charge in [-0.15, -0.1) is 11.3 Å². The van der Waals surface area contributed by atoms with Gasteiger partial charge in [-0.2, -0.15) is 0 Å². The van der Waals surface area contributed by atoms with Crippen molar-refractivity contribution >= 4 is 43.2 Å². The summed E-state index contributed by atoms with van der Waals surface area (Å²) in [5.74, 6) is -0.0655. The minimum absolute atomic E-state index is 0.0313. The molecule has 1 amide bonds. The van der Waals surface area contributed by atoms with Crippen molar-refractivity contribution in [3.05, 3.63) is 89.4 Å². The van der Waals surface area contributed by atoms with E-state index in [0.717, 1.165) is 28.1 Å². The summed E-state index contributed by atoms with van der Waals surface area (Å²) in [6.07, 6.45) is 1.82. The number of hydrogen-bond acceptors (Lipinski definition) is 5. The van der Waals surface area contributed by atoms with E-state index in [0.29, 0.717) is 17.8 Å². The fourth-order valence-electron chi connectivity index (χ4n) is 3.96. The molecule has 8 heteroatoms. The Balaban J connectivity index is 1.34. The van der Waals surface area contributed by atoms with Crippen molar-refractivity contribution in [3.63, 3.8) is 0 Å². The summed E-state index contributed by atoms with van der Waals surface area (Å²) < 4.78 is 28.7. The van der Waals surface area contributed by atoms with Gasteiger partial charge in [0.2, 0.25) is 0 Å². The van der Waals surface area contributed by atoms with Gasteiger partial charge in [-0.05, 0) is 61.4 Å². The van der Waals surface area contributed by atoms with E-state index < -0.39 is 10.0 Å². The number of benzene rings is 3. The summed E-state index contributed by atoms with van der Waals surface area (Å²) in [5.41, 5.74) is 1.90. The Morgan fingerprint density at radius 2 is 1.69 bits per heavy atom. The summed E-state index contributed by atoms with van der Waals surface area (Å²) in [6.45, 7) is 0.682. The van der Waals surface area contributed by atoms with Crippen molar-refractivity contribution in [2.45, 2.75) is 23.8 Å². The lowest BCUT2D eigenvalue weighted by molar-refractivity contribution is 0.0735. The van der Waals surface area contributed by atoms with Crippen LogP contribution in [0.3, 0.4) is 0 Å². The van der Waals surface area contributed by atoms with Crippen LogP contribution in [0.15, 0.2) is 83.8 Å². The van der Waals surface area contributed by atoms with E-state index in [1.807, 2.05) is 29.2 Å². The summed E-state index contributed by atoms with van der Waals surface area (Å²) in [4.78, 5) is 20.0. The van der Waals surface area contributed by atoms with Crippen molar-refractivity contribution in [1.29, 1.82) is 0 Å². The molecule has 1 atom stereocenters. The molecule has 1 saturated heterocycles. The van der Waals surface area contributed by atoms with Crippen LogP contribution in [0, 0.1) is 0 Å². The van der Waals surface area contributed by atoms with E-state index in [1.165, 1.54) is 12.1 Å². The standard InChI is InChI=1S/C24H21N3O3S2/c28-24(27-16-6-10-21(27)23-25-20-9-4-5-11-22(20)31-23)17-12-14-18(15-13-17)26-32(29,30)19-7-2-1-3-8-19/h1-5,7-9,11-15,21,26H,6,10,16H2/t21-/m0/s1. The molecule has 0 bridgehead atoms. The van der Waals surface area contributed by atoms with Crippen molar-refractivity contribution in [1.82, 2.24) is 9.88 Å². The van der Waals surface area contributed by atoms with Crippen LogP contribution in [0.25, 0.3) is 10.2 Å². The molecule has 0 radical (unpaired) electrons. The maximum absolute atomic E-state index is 13.2. The Morgan fingerprint density at radius 3 is 2.44 bits per heavy atom. The van der Waals surface area contributed by atoms with Gasteiger partial charge in [0, 0.05) is 17.8 Å². The van der Waals surface area contributed by atoms with Crippen LogP contribution in [0.5, 0.6) is 0 Å². The number of sulfonamides is 1. The number of hydrogen-bond donors (Lipinski definition) is 1. The molecule has 3 aromatic carbocycles. The monoisotopic (exact) mass is 463 g/mol. The first kappa shape index (κ1) is 20.7. The van der Waals surface area contributed by atoms with Gasteiger partial charge >= 0.3 is 0 Å². The van der Waals surface area contributed by atoms with E-state index >= 15 is 0 Å². The number of thiazole rings is 1. The summed E-state index contributed by atoms with van der Waals surface area (Å²) in [6, 6.07) is 22.7. The minimum Gasteiger partial charge on any atom is -0.329 e. The van der Waals surface area contributed by atoms with Gasteiger partial charge in [0.25, 0.3) is 15.9 Å². The zero-order valence-corrected chi connectivity index (χ0v) is 18.8. The maximum atomic E-state index is 13.2. The molecule has 1 aliphatic rings. The first-order valence-electron chi connectivity index (χ1n) is 10.4. The van der Waals surface area contributed by atoms with Crippen molar-refractivity contribution in [2.24, 2.45) is 0 Å². The van der Waals surface area contributed by atoms with Gasteiger partial charge in [-0.1, -0.05) is 30.3 Å². The lowest BCUT2D eigenvalue weighted by Crippen LogP contribution is -2.30. The summed E-state index contributed by atoms with van der Waals surface area (Å²) >= 11 is 1.64. The molecule has 1 N–H and O–H groups in total. The summed E-state index contributed by atoms with van der Waals surface area (Å²) in [5, 5.41) is 0.962. The number of anilines is 1. The van der Waals surface area contributed by atoms with E-state index in [-0.39, 0.29) is 16.8 Å². The van der Waals surface area contributed by atoms with Gasteiger partial charge in [0.1, 0.15) is 5.01 Å². The van der Waals surface area contributed by atoms with Crippen LogP contribution in [0.4, 0.5) is 5.69 Å². The van der Waals surface area contributed by atoms with Gasteiger partial charge in [-0.3, -0.25) is 9.52 Å². The average molecular weight is 464 g/mol. The van der Waals surface area contributed by atoms with Crippen molar-refractivity contribution in [2.75, 3.05) is 11.3 Å². The molecular formula is C24H21N3O3S2. The second-order valence-electron chi connectivity index (χ2n) is 7.67. The average Bonchev–Trinajstić information content (AvgIpc) is 3.46. The number of rotatable bonds is 5. The molecule has 1 aliphatic heterocycles. The third-order valence-electron chi connectivity index (χ3n) is 5.55. The SMILES string of the molecule is O=C(c1ccc(NS(=O)(=O)c2ccccc2)cc1)N1CCC[C@H]1c1nc2ccccc2s1. The molecule has 4 aromatic rings. The predicted molar refractivity (Wildman–Crippen MR) is 126 cm³/mol.